The summed E-state index contributed by atoms with van der Waals surface area (Å²) < 4.78 is 1.92. The highest BCUT2D eigenvalue weighted by molar-refractivity contribution is 7.98. The minimum absolute atomic E-state index is 0.218. The van der Waals surface area contributed by atoms with Crippen molar-refractivity contribution in [1.82, 2.24) is 19.4 Å². The molecule has 0 radical (unpaired) electrons. The molecule has 4 aromatic rings. The number of nitrogens with two attached hydrogens (primary N) is 1. The van der Waals surface area contributed by atoms with Gasteiger partial charge in [0.25, 0.3) is 0 Å². The SMILES string of the molecule is CSc1ccc(C=Cc2nc(N)nc3nc4ccccc4n23)cc1. The maximum Gasteiger partial charge on any atom is 0.239 e. The van der Waals surface area contributed by atoms with Gasteiger partial charge in [-0.05, 0) is 42.2 Å². The van der Waals surface area contributed by atoms with Crippen LogP contribution in [0.4, 0.5) is 5.95 Å². The molecule has 0 aliphatic carbocycles. The van der Waals surface area contributed by atoms with Gasteiger partial charge in [-0.25, -0.2) is 4.98 Å². The molecule has 0 aliphatic rings. The summed E-state index contributed by atoms with van der Waals surface area (Å²) in [5.74, 6) is 1.48. The smallest absolute Gasteiger partial charge is 0.239 e. The maximum absolute atomic E-state index is 5.84. The minimum Gasteiger partial charge on any atom is -0.368 e. The van der Waals surface area contributed by atoms with E-state index >= 15 is 0 Å². The summed E-state index contributed by atoms with van der Waals surface area (Å²) in [4.78, 5) is 14.4. The van der Waals surface area contributed by atoms with Crippen LogP contribution in [0.1, 0.15) is 11.4 Å². The van der Waals surface area contributed by atoms with Gasteiger partial charge in [0.15, 0.2) is 0 Å². The van der Waals surface area contributed by atoms with Crippen molar-refractivity contribution in [2.45, 2.75) is 4.90 Å². The van der Waals surface area contributed by atoms with E-state index < -0.39 is 0 Å². The molecule has 0 saturated carbocycles. The Morgan fingerprint density at radius 2 is 1.75 bits per heavy atom. The number of nitrogen functional groups attached to an aromatic ring is 1. The van der Waals surface area contributed by atoms with Crippen molar-refractivity contribution in [3.05, 3.63) is 59.9 Å². The van der Waals surface area contributed by atoms with Gasteiger partial charge in [-0.1, -0.05) is 30.3 Å². The third kappa shape index (κ3) is 2.61. The minimum atomic E-state index is 0.218. The van der Waals surface area contributed by atoms with E-state index in [1.807, 2.05) is 40.8 Å². The Morgan fingerprint density at radius 3 is 2.54 bits per heavy atom. The molecule has 118 valence electrons. The van der Waals surface area contributed by atoms with Crippen molar-refractivity contribution in [1.29, 1.82) is 0 Å². The van der Waals surface area contributed by atoms with E-state index in [0.717, 1.165) is 16.6 Å². The second kappa shape index (κ2) is 5.98. The maximum atomic E-state index is 5.84. The van der Waals surface area contributed by atoms with Gasteiger partial charge in [0.2, 0.25) is 11.7 Å². The quantitative estimate of drug-likeness (QED) is 0.578. The van der Waals surface area contributed by atoms with Gasteiger partial charge in [0, 0.05) is 4.90 Å². The standard InChI is InChI=1S/C18H15N5S/c1-24-13-9-6-12(7-10-13)8-11-16-21-17(19)22-18-20-14-4-2-3-5-15(14)23(16)18/h2-11H,1H3,(H2,19,20,22). The molecule has 2 aromatic heterocycles. The average molecular weight is 333 g/mol. The lowest BCUT2D eigenvalue weighted by atomic mass is 10.2. The van der Waals surface area contributed by atoms with Crippen LogP contribution in [-0.2, 0) is 0 Å². The predicted molar refractivity (Wildman–Crippen MR) is 99.9 cm³/mol. The summed E-state index contributed by atoms with van der Waals surface area (Å²) in [6.45, 7) is 0. The van der Waals surface area contributed by atoms with Crippen LogP contribution < -0.4 is 5.73 Å². The zero-order valence-corrected chi connectivity index (χ0v) is 13.9. The van der Waals surface area contributed by atoms with Crippen LogP contribution in [0.25, 0.3) is 29.0 Å². The summed E-state index contributed by atoms with van der Waals surface area (Å²) in [6.07, 6.45) is 6.02. The van der Waals surface area contributed by atoms with E-state index in [4.69, 9.17) is 5.73 Å². The molecule has 0 atom stereocenters. The number of para-hydroxylation sites is 2. The number of hydrogen-bond donors (Lipinski definition) is 1. The molecule has 4 rings (SSSR count). The molecule has 0 amide bonds. The van der Waals surface area contributed by atoms with Crippen molar-refractivity contribution in [2.75, 3.05) is 12.0 Å². The third-order valence-corrected chi connectivity index (χ3v) is 4.50. The second-order valence-electron chi connectivity index (χ2n) is 5.28. The molecule has 2 N–H and O–H groups in total. The highest BCUT2D eigenvalue weighted by Gasteiger charge is 2.09. The highest BCUT2D eigenvalue weighted by atomic mass is 32.2. The summed E-state index contributed by atoms with van der Waals surface area (Å²) >= 11 is 1.72. The fourth-order valence-corrected chi connectivity index (χ4v) is 3.01. The van der Waals surface area contributed by atoms with Crippen molar-refractivity contribution >= 4 is 46.7 Å². The van der Waals surface area contributed by atoms with E-state index in [9.17, 15) is 0 Å². The van der Waals surface area contributed by atoms with Crippen molar-refractivity contribution in [3.63, 3.8) is 0 Å². The predicted octanol–water partition coefficient (Wildman–Crippen LogP) is 3.75. The van der Waals surface area contributed by atoms with Crippen molar-refractivity contribution in [3.8, 4) is 0 Å². The van der Waals surface area contributed by atoms with E-state index in [2.05, 4.69) is 45.5 Å². The molecular weight excluding hydrogens is 318 g/mol. The number of thioether (sulfide) groups is 1. The first-order chi connectivity index (χ1) is 11.7. The van der Waals surface area contributed by atoms with Crippen LogP contribution in [0.5, 0.6) is 0 Å². The molecular formula is C18H15N5S. The van der Waals surface area contributed by atoms with Crippen LogP contribution in [0, 0.1) is 0 Å². The zero-order chi connectivity index (χ0) is 16.5. The summed E-state index contributed by atoms with van der Waals surface area (Å²) in [5.41, 5.74) is 8.78. The van der Waals surface area contributed by atoms with Gasteiger partial charge in [-0.15, -0.1) is 11.8 Å². The molecule has 0 fully saturated rings. The Hall–Kier alpha value is -2.86. The Labute approximate surface area is 143 Å². The Balaban J connectivity index is 1.84. The van der Waals surface area contributed by atoms with Gasteiger partial charge in [0.1, 0.15) is 5.82 Å². The third-order valence-electron chi connectivity index (χ3n) is 3.76. The molecule has 2 heterocycles. The largest absolute Gasteiger partial charge is 0.368 e. The molecule has 5 nitrogen and oxygen atoms in total. The number of fused-ring (bicyclic) bond motifs is 3. The van der Waals surface area contributed by atoms with Gasteiger partial charge < -0.3 is 5.73 Å². The molecule has 6 heteroatoms. The van der Waals surface area contributed by atoms with Crippen LogP contribution in [0.15, 0.2) is 53.4 Å². The normalized spacial score (nSPS) is 11.7. The first kappa shape index (κ1) is 14.7. The highest BCUT2D eigenvalue weighted by Crippen LogP contribution is 2.19. The van der Waals surface area contributed by atoms with E-state index in [1.165, 1.54) is 4.90 Å². The fourth-order valence-electron chi connectivity index (χ4n) is 2.61. The number of anilines is 1. The average Bonchev–Trinajstić information content (AvgIpc) is 2.98. The number of rotatable bonds is 3. The molecule has 0 bridgehead atoms. The molecule has 0 spiro atoms. The number of aromatic nitrogens is 4. The lowest BCUT2D eigenvalue weighted by Crippen LogP contribution is -2.03. The number of nitrogens with zero attached hydrogens (tertiary/aromatic N) is 4. The fraction of sp³-hybridized carbons (Fsp3) is 0.0556. The first-order valence-electron chi connectivity index (χ1n) is 7.47. The molecule has 2 aromatic carbocycles. The van der Waals surface area contributed by atoms with E-state index in [0.29, 0.717) is 11.6 Å². The molecule has 0 saturated heterocycles. The first-order valence-corrected chi connectivity index (χ1v) is 8.70. The topological polar surface area (TPSA) is 69.1 Å². The monoisotopic (exact) mass is 333 g/mol. The van der Waals surface area contributed by atoms with Crippen molar-refractivity contribution in [2.24, 2.45) is 0 Å². The van der Waals surface area contributed by atoms with Gasteiger partial charge in [-0.3, -0.25) is 4.40 Å². The van der Waals surface area contributed by atoms with Gasteiger partial charge >= 0.3 is 0 Å². The van der Waals surface area contributed by atoms with Gasteiger partial charge in [0.05, 0.1) is 11.0 Å². The summed E-state index contributed by atoms with van der Waals surface area (Å²) in [5, 5.41) is 0. The Kier molecular flexibility index (Phi) is 3.66. The van der Waals surface area contributed by atoms with Crippen LogP contribution in [-0.4, -0.2) is 25.6 Å². The van der Waals surface area contributed by atoms with Crippen molar-refractivity contribution < 1.29 is 0 Å². The second-order valence-corrected chi connectivity index (χ2v) is 6.16. The van der Waals surface area contributed by atoms with Gasteiger partial charge in [-0.2, -0.15) is 9.97 Å². The molecule has 0 unspecified atom stereocenters. The Morgan fingerprint density at radius 1 is 0.958 bits per heavy atom. The van der Waals surface area contributed by atoms with Crippen LogP contribution in [0.2, 0.25) is 0 Å². The van der Waals surface area contributed by atoms with E-state index in [1.54, 1.807) is 11.8 Å². The van der Waals surface area contributed by atoms with Crippen LogP contribution >= 0.6 is 11.8 Å². The number of hydrogen-bond acceptors (Lipinski definition) is 5. The summed E-state index contributed by atoms with van der Waals surface area (Å²) in [6, 6.07) is 16.2. The lowest BCUT2D eigenvalue weighted by molar-refractivity contribution is 1.02. The number of imidazole rings is 1. The number of benzene rings is 2. The Bertz CT molecular complexity index is 1050. The molecule has 0 aliphatic heterocycles. The summed E-state index contributed by atoms with van der Waals surface area (Å²) in [7, 11) is 0. The zero-order valence-electron chi connectivity index (χ0n) is 13.0. The lowest BCUT2D eigenvalue weighted by Gasteiger charge is -2.02. The van der Waals surface area contributed by atoms with E-state index in [-0.39, 0.29) is 5.95 Å². The molecule has 24 heavy (non-hydrogen) atoms. The van der Waals surface area contributed by atoms with Crippen LogP contribution in [0.3, 0.4) is 0 Å².